The van der Waals surface area contributed by atoms with Gasteiger partial charge in [-0.25, -0.2) is 9.37 Å². The number of hydrogen-bond acceptors (Lipinski definition) is 2. The second-order valence-electron chi connectivity index (χ2n) is 3.32. The minimum Gasteiger partial charge on any atom is -0.331 e. The number of imidazole rings is 1. The monoisotopic (exact) mass is 282 g/mol. The molecule has 0 aliphatic heterocycles. The van der Waals surface area contributed by atoms with Gasteiger partial charge in [0.25, 0.3) is 0 Å². The third-order valence-corrected chi connectivity index (χ3v) is 2.85. The van der Waals surface area contributed by atoms with E-state index >= 15 is 0 Å². The summed E-state index contributed by atoms with van der Waals surface area (Å²) in [5.74, 6) is -0.458. The molecule has 1 aromatic heterocycles. The maximum absolute atomic E-state index is 13.3. The number of rotatable bonds is 2. The molecular formula is C11H8BrFN2O. The van der Waals surface area contributed by atoms with Crippen LogP contribution in [0.2, 0.25) is 0 Å². The Morgan fingerprint density at radius 1 is 1.50 bits per heavy atom. The smallest absolute Gasteiger partial charge is 0.228 e. The van der Waals surface area contributed by atoms with Crippen LogP contribution in [0.15, 0.2) is 35.1 Å². The summed E-state index contributed by atoms with van der Waals surface area (Å²) in [5.41, 5.74) is 0.287. The molecule has 0 aliphatic carbocycles. The molecule has 0 fully saturated rings. The van der Waals surface area contributed by atoms with Gasteiger partial charge in [-0.15, -0.1) is 0 Å². The van der Waals surface area contributed by atoms with Crippen LogP contribution in [0.1, 0.15) is 16.2 Å². The molecule has 0 bridgehead atoms. The van der Waals surface area contributed by atoms with E-state index in [1.807, 2.05) is 0 Å². The van der Waals surface area contributed by atoms with Gasteiger partial charge in [0.2, 0.25) is 5.78 Å². The largest absolute Gasteiger partial charge is 0.331 e. The van der Waals surface area contributed by atoms with Crippen LogP contribution in [0.5, 0.6) is 0 Å². The zero-order valence-corrected chi connectivity index (χ0v) is 10.0. The van der Waals surface area contributed by atoms with E-state index in [0.717, 1.165) is 0 Å². The van der Waals surface area contributed by atoms with Gasteiger partial charge in [0.1, 0.15) is 5.82 Å². The van der Waals surface area contributed by atoms with Gasteiger partial charge in [0.05, 0.1) is 4.47 Å². The normalized spacial score (nSPS) is 10.4. The Morgan fingerprint density at radius 2 is 2.25 bits per heavy atom. The van der Waals surface area contributed by atoms with Crippen molar-refractivity contribution < 1.29 is 9.18 Å². The molecule has 0 saturated carbocycles. The van der Waals surface area contributed by atoms with Gasteiger partial charge >= 0.3 is 0 Å². The van der Waals surface area contributed by atoms with Crippen molar-refractivity contribution in [1.82, 2.24) is 9.55 Å². The van der Waals surface area contributed by atoms with Gasteiger partial charge in [-0.3, -0.25) is 4.79 Å². The number of aryl methyl sites for hydroxylation is 1. The Balaban J connectivity index is 2.42. The first kappa shape index (κ1) is 11.0. The molecule has 16 heavy (non-hydrogen) atoms. The SMILES string of the molecule is Cn1ccnc1C(=O)c1ccc(Br)c(F)c1. The number of ketones is 1. The van der Waals surface area contributed by atoms with Crippen molar-refractivity contribution in [3.63, 3.8) is 0 Å². The first-order valence-corrected chi connectivity index (χ1v) is 5.36. The van der Waals surface area contributed by atoms with Crippen LogP contribution in [0.3, 0.4) is 0 Å². The standard InChI is InChI=1S/C11H8BrFN2O/c1-15-5-4-14-11(15)10(16)7-2-3-8(12)9(13)6-7/h2-6H,1H3. The predicted molar refractivity (Wildman–Crippen MR) is 60.7 cm³/mol. The van der Waals surface area contributed by atoms with Crippen molar-refractivity contribution in [1.29, 1.82) is 0 Å². The fourth-order valence-corrected chi connectivity index (χ4v) is 1.60. The average Bonchev–Trinajstić information content (AvgIpc) is 2.67. The second-order valence-corrected chi connectivity index (χ2v) is 4.17. The number of benzene rings is 1. The Hall–Kier alpha value is -1.49. The molecular weight excluding hydrogens is 275 g/mol. The molecule has 0 radical (unpaired) electrons. The Bertz CT molecular complexity index is 551. The maximum atomic E-state index is 13.3. The molecule has 3 nitrogen and oxygen atoms in total. The highest BCUT2D eigenvalue weighted by molar-refractivity contribution is 9.10. The van der Waals surface area contributed by atoms with Gasteiger partial charge in [-0.2, -0.15) is 0 Å². The summed E-state index contributed by atoms with van der Waals surface area (Å²) in [7, 11) is 1.72. The van der Waals surface area contributed by atoms with Crippen LogP contribution in [-0.4, -0.2) is 15.3 Å². The van der Waals surface area contributed by atoms with Crippen molar-refractivity contribution in [3.8, 4) is 0 Å². The quantitative estimate of drug-likeness (QED) is 0.794. The van der Waals surface area contributed by atoms with E-state index in [1.54, 1.807) is 23.9 Å². The van der Waals surface area contributed by atoms with E-state index in [4.69, 9.17) is 0 Å². The third kappa shape index (κ3) is 1.90. The highest BCUT2D eigenvalue weighted by Gasteiger charge is 2.14. The summed E-state index contributed by atoms with van der Waals surface area (Å²) in [4.78, 5) is 15.8. The number of aromatic nitrogens is 2. The van der Waals surface area contributed by atoms with Gasteiger partial charge in [-0.1, -0.05) is 0 Å². The molecule has 0 spiro atoms. The summed E-state index contributed by atoms with van der Waals surface area (Å²) in [6, 6.07) is 4.26. The lowest BCUT2D eigenvalue weighted by atomic mass is 10.1. The summed E-state index contributed by atoms with van der Waals surface area (Å²) in [6.45, 7) is 0. The van der Waals surface area contributed by atoms with Crippen molar-refractivity contribution in [3.05, 3.63) is 52.3 Å². The summed E-state index contributed by atoms with van der Waals surface area (Å²) < 4.78 is 15.2. The van der Waals surface area contributed by atoms with Crippen molar-refractivity contribution >= 4 is 21.7 Å². The van der Waals surface area contributed by atoms with Crippen LogP contribution in [0.25, 0.3) is 0 Å². The second kappa shape index (κ2) is 4.17. The number of hydrogen-bond donors (Lipinski definition) is 0. The fraction of sp³-hybridized carbons (Fsp3) is 0.0909. The molecule has 0 N–H and O–H groups in total. The lowest BCUT2D eigenvalue weighted by Gasteiger charge is -2.02. The number of nitrogens with zero attached hydrogens (tertiary/aromatic N) is 2. The molecule has 1 aromatic carbocycles. The van der Waals surface area contributed by atoms with Gasteiger partial charge in [0, 0.05) is 25.0 Å². The Kier molecular flexibility index (Phi) is 2.87. The minimum atomic E-state index is -0.458. The fourth-order valence-electron chi connectivity index (χ4n) is 1.35. The Morgan fingerprint density at radius 3 is 2.81 bits per heavy atom. The highest BCUT2D eigenvalue weighted by Crippen LogP contribution is 2.18. The van der Waals surface area contributed by atoms with Crippen LogP contribution in [0, 0.1) is 5.82 Å². The topological polar surface area (TPSA) is 34.9 Å². The summed E-state index contributed by atoms with van der Waals surface area (Å²) in [5, 5.41) is 0. The zero-order valence-electron chi connectivity index (χ0n) is 8.45. The van der Waals surface area contributed by atoms with Crippen molar-refractivity contribution in [2.45, 2.75) is 0 Å². The predicted octanol–water partition coefficient (Wildman–Crippen LogP) is 2.55. The highest BCUT2D eigenvalue weighted by atomic mass is 79.9. The zero-order chi connectivity index (χ0) is 11.7. The number of carbonyl (C=O) groups excluding carboxylic acids is 1. The number of halogens is 2. The van der Waals surface area contributed by atoms with Crippen LogP contribution in [-0.2, 0) is 7.05 Å². The lowest BCUT2D eigenvalue weighted by molar-refractivity contribution is 0.102. The first-order valence-electron chi connectivity index (χ1n) is 4.56. The van der Waals surface area contributed by atoms with Crippen LogP contribution >= 0.6 is 15.9 Å². The molecule has 2 aromatic rings. The molecule has 0 saturated heterocycles. The summed E-state index contributed by atoms with van der Waals surface area (Å²) >= 11 is 3.03. The van der Waals surface area contributed by atoms with E-state index in [9.17, 15) is 9.18 Å². The molecule has 0 aliphatic rings. The third-order valence-electron chi connectivity index (χ3n) is 2.21. The molecule has 82 valence electrons. The maximum Gasteiger partial charge on any atom is 0.228 e. The molecule has 2 rings (SSSR count). The van der Waals surface area contributed by atoms with E-state index < -0.39 is 5.82 Å². The molecule has 0 atom stereocenters. The molecule has 0 unspecified atom stereocenters. The van der Waals surface area contributed by atoms with Crippen molar-refractivity contribution in [2.75, 3.05) is 0 Å². The minimum absolute atomic E-state index is 0.287. The van der Waals surface area contributed by atoms with Crippen LogP contribution < -0.4 is 0 Å². The van der Waals surface area contributed by atoms with Gasteiger partial charge in [0.15, 0.2) is 5.82 Å². The van der Waals surface area contributed by atoms with E-state index in [0.29, 0.717) is 10.3 Å². The average molecular weight is 283 g/mol. The molecule has 5 heteroatoms. The van der Waals surface area contributed by atoms with E-state index in [2.05, 4.69) is 20.9 Å². The van der Waals surface area contributed by atoms with Gasteiger partial charge < -0.3 is 4.57 Å². The summed E-state index contributed by atoms with van der Waals surface area (Å²) in [6.07, 6.45) is 3.20. The van der Waals surface area contributed by atoms with Crippen LogP contribution in [0.4, 0.5) is 4.39 Å². The van der Waals surface area contributed by atoms with Gasteiger partial charge in [-0.05, 0) is 34.1 Å². The van der Waals surface area contributed by atoms with E-state index in [1.165, 1.54) is 18.3 Å². The van der Waals surface area contributed by atoms with E-state index in [-0.39, 0.29) is 11.3 Å². The van der Waals surface area contributed by atoms with Crippen molar-refractivity contribution in [2.24, 2.45) is 7.05 Å². The Labute approximate surface area is 100 Å². The first-order chi connectivity index (χ1) is 7.59. The molecule has 1 heterocycles. The molecule has 0 amide bonds. The number of carbonyl (C=O) groups is 1. The lowest BCUT2D eigenvalue weighted by Crippen LogP contribution is -2.08.